The van der Waals surface area contributed by atoms with Gasteiger partial charge in [0.2, 0.25) is 0 Å². The van der Waals surface area contributed by atoms with Crippen LogP contribution in [-0.2, 0) is 4.74 Å². The summed E-state index contributed by atoms with van der Waals surface area (Å²) in [7, 11) is 3.65. The summed E-state index contributed by atoms with van der Waals surface area (Å²) in [6.07, 6.45) is 0. The SMILES string of the molecule is CNC(COc1ccc(C)cc1C)C(C)(C)OC. The van der Waals surface area contributed by atoms with E-state index >= 15 is 0 Å². The van der Waals surface area contributed by atoms with Gasteiger partial charge in [0.05, 0.1) is 11.6 Å². The first kappa shape index (κ1) is 15.0. The predicted molar refractivity (Wildman–Crippen MR) is 75.3 cm³/mol. The van der Waals surface area contributed by atoms with Crippen molar-refractivity contribution in [1.29, 1.82) is 0 Å². The van der Waals surface area contributed by atoms with Crippen molar-refractivity contribution in [3.8, 4) is 5.75 Å². The minimum Gasteiger partial charge on any atom is -0.492 e. The predicted octanol–water partition coefficient (Wildman–Crippen LogP) is 2.70. The third kappa shape index (κ3) is 3.72. The highest BCUT2D eigenvalue weighted by molar-refractivity contribution is 5.35. The van der Waals surface area contributed by atoms with Crippen molar-refractivity contribution in [3.05, 3.63) is 29.3 Å². The average molecular weight is 251 g/mol. The summed E-state index contributed by atoms with van der Waals surface area (Å²) in [5.41, 5.74) is 2.16. The van der Waals surface area contributed by atoms with Gasteiger partial charge in [0, 0.05) is 7.11 Å². The van der Waals surface area contributed by atoms with E-state index < -0.39 is 0 Å². The van der Waals surface area contributed by atoms with Crippen molar-refractivity contribution in [2.45, 2.75) is 39.3 Å². The molecule has 18 heavy (non-hydrogen) atoms. The molecule has 0 bridgehead atoms. The van der Waals surface area contributed by atoms with Gasteiger partial charge in [0.25, 0.3) is 0 Å². The summed E-state index contributed by atoms with van der Waals surface area (Å²) in [4.78, 5) is 0. The van der Waals surface area contributed by atoms with Crippen LogP contribution in [-0.4, -0.2) is 32.4 Å². The minimum absolute atomic E-state index is 0.142. The molecule has 0 spiro atoms. The first-order valence-corrected chi connectivity index (χ1v) is 6.33. The summed E-state index contributed by atoms with van der Waals surface area (Å²) >= 11 is 0. The van der Waals surface area contributed by atoms with Crippen LogP contribution in [0.2, 0.25) is 0 Å². The van der Waals surface area contributed by atoms with E-state index in [0.717, 1.165) is 5.75 Å². The van der Waals surface area contributed by atoms with Crippen LogP contribution < -0.4 is 10.1 Å². The van der Waals surface area contributed by atoms with Crippen LogP contribution in [0.3, 0.4) is 0 Å². The molecule has 1 aromatic carbocycles. The lowest BCUT2D eigenvalue weighted by atomic mass is 9.99. The molecule has 0 fully saturated rings. The molecule has 0 aliphatic carbocycles. The standard InChI is InChI=1S/C15H25NO2/c1-11-7-8-13(12(2)9-11)18-10-14(16-5)15(3,4)17-6/h7-9,14,16H,10H2,1-6H3. The molecule has 1 N–H and O–H groups in total. The van der Waals surface area contributed by atoms with Gasteiger partial charge in [-0.05, 0) is 46.4 Å². The number of ether oxygens (including phenoxy) is 2. The molecular formula is C15H25NO2. The Bertz CT molecular complexity index is 388. The van der Waals surface area contributed by atoms with Crippen molar-refractivity contribution in [2.24, 2.45) is 0 Å². The lowest BCUT2D eigenvalue weighted by molar-refractivity contribution is -0.0205. The van der Waals surface area contributed by atoms with Crippen molar-refractivity contribution in [2.75, 3.05) is 20.8 Å². The van der Waals surface area contributed by atoms with Gasteiger partial charge in [-0.15, -0.1) is 0 Å². The molecule has 1 aromatic rings. The Labute approximate surface area is 110 Å². The Morgan fingerprint density at radius 2 is 1.94 bits per heavy atom. The molecular weight excluding hydrogens is 226 g/mol. The number of aryl methyl sites for hydroxylation is 2. The molecule has 0 amide bonds. The molecule has 0 aromatic heterocycles. The maximum absolute atomic E-state index is 5.89. The Kier molecular flexibility index (Phi) is 5.17. The fraction of sp³-hybridized carbons (Fsp3) is 0.600. The summed E-state index contributed by atoms with van der Waals surface area (Å²) in [5, 5.41) is 3.24. The molecule has 1 unspecified atom stereocenters. The van der Waals surface area contributed by atoms with Gasteiger partial charge in [-0.1, -0.05) is 17.7 Å². The molecule has 102 valence electrons. The Morgan fingerprint density at radius 1 is 1.28 bits per heavy atom. The first-order chi connectivity index (χ1) is 8.40. The Morgan fingerprint density at radius 3 is 2.44 bits per heavy atom. The highest BCUT2D eigenvalue weighted by atomic mass is 16.5. The molecule has 1 atom stereocenters. The summed E-state index contributed by atoms with van der Waals surface area (Å²) < 4.78 is 11.4. The van der Waals surface area contributed by atoms with Gasteiger partial charge < -0.3 is 14.8 Å². The van der Waals surface area contributed by atoms with Crippen LogP contribution in [0.25, 0.3) is 0 Å². The smallest absolute Gasteiger partial charge is 0.122 e. The number of hydrogen-bond donors (Lipinski definition) is 1. The summed E-state index contributed by atoms with van der Waals surface area (Å²) in [5.74, 6) is 0.938. The van der Waals surface area contributed by atoms with E-state index in [1.165, 1.54) is 11.1 Å². The molecule has 0 saturated carbocycles. The second-order valence-electron chi connectivity index (χ2n) is 5.23. The fourth-order valence-corrected chi connectivity index (χ4v) is 1.91. The maximum Gasteiger partial charge on any atom is 0.122 e. The maximum atomic E-state index is 5.89. The van der Waals surface area contributed by atoms with Gasteiger partial charge in [-0.2, -0.15) is 0 Å². The van der Waals surface area contributed by atoms with Crippen molar-refractivity contribution in [1.82, 2.24) is 5.32 Å². The molecule has 0 aliphatic heterocycles. The van der Waals surface area contributed by atoms with Crippen LogP contribution in [0.4, 0.5) is 0 Å². The van der Waals surface area contributed by atoms with E-state index in [0.29, 0.717) is 6.61 Å². The van der Waals surface area contributed by atoms with Crippen LogP contribution in [0, 0.1) is 13.8 Å². The van der Waals surface area contributed by atoms with Crippen LogP contribution in [0.5, 0.6) is 5.75 Å². The highest BCUT2D eigenvalue weighted by Crippen LogP contribution is 2.20. The summed E-state index contributed by atoms with van der Waals surface area (Å²) in [6.45, 7) is 8.85. The summed E-state index contributed by atoms with van der Waals surface area (Å²) in [6, 6.07) is 6.36. The van der Waals surface area contributed by atoms with E-state index in [4.69, 9.17) is 9.47 Å². The first-order valence-electron chi connectivity index (χ1n) is 6.33. The quantitative estimate of drug-likeness (QED) is 0.843. The molecule has 0 radical (unpaired) electrons. The van der Waals surface area contributed by atoms with E-state index in [2.05, 4.69) is 45.1 Å². The van der Waals surface area contributed by atoms with Crippen molar-refractivity contribution in [3.63, 3.8) is 0 Å². The number of rotatable bonds is 6. The number of hydrogen-bond acceptors (Lipinski definition) is 3. The van der Waals surface area contributed by atoms with Crippen molar-refractivity contribution < 1.29 is 9.47 Å². The fourth-order valence-electron chi connectivity index (χ4n) is 1.91. The molecule has 0 aliphatic rings. The zero-order valence-corrected chi connectivity index (χ0v) is 12.3. The van der Waals surface area contributed by atoms with Crippen LogP contribution >= 0.6 is 0 Å². The number of benzene rings is 1. The largest absolute Gasteiger partial charge is 0.492 e. The van der Waals surface area contributed by atoms with E-state index in [-0.39, 0.29) is 11.6 Å². The average Bonchev–Trinajstić information content (AvgIpc) is 2.32. The second kappa shape index (κ2) is 6.21. The minimum atomic E-state index is -0.257. The number of methoxy groups -OCH3 is 1. The molecule has 3 heteroatoms. The van der Waals surface area contributed by atoms with E-state index in [9.17, 15) is 0 Å². The number of likely N-dealkylation sites (N-methyl/N-ethyl adjacent to an activating group) is 1. The lowest BCUT2D eigenvalue weighted by Crippen LogP contribution is -2.50. The zero-order valence-electron chi connectivity index (χ0n) is 12.3. The van der Waals surface area contributed by atoms with Crippen LogP contribution in [0.15, 0.2) is 18.2 Å². The Balaban J connectivity index is 2.68. The van der Waals surface area contributed by atoms with Crippen molar-refractivity contribution >= 4 is 0 Å². The third-order valence-electron chi connectivity index (χ3n) is 3.45. The molecule has 0 saturated heterocycles. The lowest BCUT2D eigenvalue weighted by Gasteiger charge is -2.32. The monoisotopic (exact) mass is 251 g/mol. The van der Waals surface area contributed by atoms with Crippen LogP contribution in [0.1, 0.15) is 25.0 Å². The van der Waals surface area contributed by atoms with Gasteiger partial charge in [-0.25, -0.2) is 0 Å². The normalized spacial score (nSPS) is 13.4. The van der Waals surface area contributed by atoms with Gasteiger partial charge >= 0.3 is 0 Å². The van der Waals surface area contributed by atoms with E-state index in [1.807, 2.05) is 13.1 Å². The van der Waals surface area contributed by atoms with Gasteiger partial charge in [0.1, 0.15) is 12.4 Å². The second-order valence-corrected chi connectivity index (χ2v) is 5.23. The Hall–Kier alpha value is -1.06. The molecule has 0 heterocycles. The van der Waals surface area contributed by atoms with Gasteiger partial charge in [0.15, 0.2) is 0 Å². The van der Waals surface area contributed by atoms with Gasteiger partial charge in [-0.3, -0.25) is 0 Å². The third-order valence-corrected chi connectivity index (χ3v) is 3.45. The topological polar surface area (TPSA) is 30.5 Å². The molecule has 1 rings (SSSR count). The highest BCUT2D eigenvalue weighted by Gasteiger charge is 2.28. The number of nitrogens with one attached hydrogen (secondary N) is 1. The molecule has 3 nitrogen and oxygen atoms in total. The van der Waals surface area contributed by atoms with E-state index in [1.54, 1.807) is 7.11 Å². The zero-order chi connectivity index (χ0) is 13.8.